The minimum atomic E-state index is -0.220. The molecule has 0 amide bonds. The summed E-state index contributed by atoms with van der Waals surface area (Å²) < 4.78 is 11.9. The van der Waals surface area contributed by atoms with Gasteiger partial charge in [-0.25, -0.2) is 0 Å². The maximum atomic E-state index is 6.00. The molecule has 0 radical (unpaired) electrons. The molecular weight excluding hydrogens is 238 g/mol. The van der Waals surface area contributed by atoms with E-state index in [9.17, 15) is 0 Å². The van der Waals surface area contributed by atoms with E-state index in [0.29, 0.717) is 6.10 Å². The van der Waals surface area contributed by atoms with Crippen LogP contribution < -0.4 is 9.47 Å². The second-order valence-electron chi connectivity index (χ2n) is 7.30. The summed E-state index contributed by atoms with van der Waals surface area (Å²) in [5, 5.41) is 0. The minimum absolute atomic E-state index is 0.0233. The van der Waals surface area contributed by atoms with Gasteiger partial charge in [0.05, 0.1) is 18.0 Å². The van der Waals surface area contributed by atoms with Crippen LogP contribution in [0.3, 0.4) is 0 Å². The van der Waals surface area contributed by atoms with Crippen LogP contribution in [0, 0.1) is 0 Å². The quantitative estimate of drug-likeness (QED) is 0.822. The summed E-state index contributed by atoms with van der Waals surface area (Å²) in [4.78, 5) is 4.56. The molecule has 1 aliphatic rings. The van der Waals surface area contributed by atoms with Gasteiger partial charge in [0.2, 0.25) is 0 Å². The lowest BCUT2D eigenvalue weighted by molar-refractivity contribution is 0.129. The first kappa shape index (κ1) is 14.2. The van der Waals surface area contributed by atoms with Gasteiger partial charge in [-0.15, -0.1) is 0 Å². The Labute approximate surface area is 116 Å². The van der Waals surface area contributed by atoms with Gasteiger partial charge in [0.15, 0.2) is 0 Å². The van der Waals surface area contributed by atoms with E-state index in [0.717, 1.165) is 30.0 Å². The summed E-state index contributed by atoms with van der Waals surface area (Å²) in [6.45, 7) is 12.6. The smallest absolute Gasteiger partial charge is 0.145 e. The first-order valence-electron chi connectivity index (χ1n) is 7.01. The van der Waals surface area contributed by atoms with Crippen molar-refractivity contribution < 1.29 is 9.47 Å². The first-order chi connectivity index (χ1) is 8.65. The monoisotopic (exact) mass is 263 g/mol. The Hall–Kier alpha value is -1.25. The summed E-state index contributed by atoms with van der Waals surface area (Å²) in [6.07, 6.45) is 4.46. The Bertz CT molecular complexity index is 451. The van der Waals surface area contributed by atoms with Crippen LogP contribution in [0.4, 0.5) is 0 Å². The second-order valence-corrected chi connectivity index (χ2v) is 7.30. The fourth-order valence-corrected chi connectivity index (χ4v) is 1.85. The lowest BCUT2D eigenvalue weighted by Crippen LogP contribution is -2.23. The minimum Gasteiger partial charge on any atom is -0.488 e. The van der Waals surface area contributed by atoms with E-state index in [1.807, 2.05) is 26.8 Å². The van der Waals surface area contributed by atoms with Crippen LogP contribution in [0.1, 0.15) is 60.1 Å². The zero-order chi connectivity index (χ0) is 14.3. The summed E-state index contributed by atoms with van der Waals surface area (Å²) in [5.41, 5.74) is 0.757. The van der Waals surface area contributed by atoms with Crippen LogP contribution in [0.5, 0.6) is 11.5 Å². The van der Waals surface area contributed by atoms with Crippen LogP contribution in [-0.4, -0.2) is 16.7 Å². The van der Waals surface area contributed by atoms with Gasteiger partial charge < -0.3 is 9.47 Å². The normalized spacial score (nSPS) is 16.3. The Morgan fingerprint density at radius 3 is 2.21 bits per heavy atom. The van der Waals surface area contributed by atoms with Gasteiger partial charge in [0, 0.05) is 11.5 Å². The third kappa shape index (κ3) is 4.12. The number of hydrogen-bond donors (Lipinski definition) is 0. The summed E-state index contributed by atoms with van der Waals surface area (Å²) in [5.74, 6) is 1.65. The van der Waals surface area contributed by atoms with E-state index in [4.69, 9.17) is 9.47 Å². The zero-order valence-corrected chi connectivity index (χ0v) is 12.9. The molecule has 3 heteroatoms. The van der Waals surface area contributed by atoms with Gasteiger partial charge in [-0.2, -0.15) is 0 Å². The number of pyridine rings is 1. The van der Waals surface area contributed by atoms with Gasteiger partial charge in [-0.05, 0) is 33.6 Å². The molecule has 0 saturated heterocycles. The molecule has 0 spiro atoms. The van der Waals surface area contributed by atoms with Crippen molar-refractivity contribution in [3.63, 3.8) is 0 Å². The molecular formula is C16H25NO2. The number of ether oxygens (including phenoxy) is 2. The molecule has 1 saturated carbocycles. The highest BCUT2D eigenvalue weighted by Gasteiger charge is 2.28. The molecule has 106 valence electrons. The molecule has 2 rings (SSSR count). The van der Waals surface area contributed by atoms with Gasteiger partial charge in [-0.1, -0.05) is 20.8 Å². The molecule has 1 aliphatic carbocycles. The van der Waals surface area contributed by atoms with Crippen LogP contribution in [0.2, 0.25) is 0 Å². The maximum Gasteiger partial charge on any atom is 0.145 e. The van der Waals surface area contributed by atoms with E-state index in [2.05, 4.69) is 25.8 Å². The second kappa shape index (κ2) is 4.69. The largest absolute Gasteiger partial charge is 0.488 e. The van der Waals surface area contributed by atoms with Crippen LogP contribution in [0.25, 0.3) is 0 Å². The SMILES string of the molecule is CC(C)(C)Oc1cnc(C(C)(C)C)c(OC2CC2)c1. The van der Waals surface area contributed by atoms with Crippen molar-refractivity contribution in [1.82, 2.24) is 4.98 Å². The van der Waals surface area contributed by atoms with Gasteiger partial charge in [-0.3, -0.25) is 4.98 Å². The van der Waals surface area contributed by atoms with Gasteiger partial charge >= 0.3 is 0 Å². The van der Waals surface area contributed by atoms with Crippen molar-refractivity contribution >= 4 is 0 Å². The van der Waals surface area contributed by atoms with Crippen molar-refractivity contribution in [2.45, 2.75) is 71.5 Å². The maximum absolute atomic E-state index is 6.00. The Morgan fingerprint density at radius 1 is 1.11 bits per heavy atom. The molecule has 0 N–H and O–H groups in total. The lowest BCUT2D eigenvalue weighted by atomic mass is 9.91. The zero-order valence-electron chi connectivity index (χ0n) is 12.9. The first-order valence-corrected chi connectivity index (χ1v) is 7.01. The summed E-state index contributed by atoms with van der Waals surface area (Å²) in [7, 11) is 0. The van der Waals surface area contributed by atoms with E-state index < -0.39 is 0 Å². The van der Waals surface area contributed by atoms with Crippen molar-refractivity contribution in [3.05, 3.63) is 18.0 Å². The van der Waals surface area contributed by atoms with Crippen LogP contribution >= 0.6 is 0 Å². The molecule has 1 aromatic heterocycles. The predicted molar refractivity (Wildman–Crippen MR) is 77.0 cm³/mol. The summed E-state index contributed by atoms with van der Waals surface area (Å²) in [6, 6.07) is 1.98. The van der Waals surface area contributed by atoms with E-state index in [1.165, 1.54) is 0 Å². The molecule has 0 atom stereocenters. The molecule has 0 bridgehead atoms. The number of rotatable bonds is 3. The fraction of sp³-hybridized carbons (Fsp3) is 0.688. The Balaban J connectivity index is 2.29. The highest BCUT2D eigenvalue weighted by atomic mass is 16.5. The standard InChI is InChI=1S/C16H25NO2/c1-15(2,3)14-13(18-11-7-8-11)9-12(10-17-14)19-16(4,5)6/h9-11H,7-8H2,1-6H3. The van der Waals surface area contributed by atoms with Crippen LogP contribution in [0.15, 0.2) is 12.3 Å². The third-order valence-electron chi connectivity index (χ3n) is 2.78. The molecule has 0 aromatic carbocycles. The number of nitrogens with zero attached hydrogens (tertiary/aromatic N) is 1. The molecule has 1 fully saturated rings. The van der Waals surface area contributed by atoms with Crippen molar-refractivity contribution in [1.29, 1.82) is 0 Å². The predicted octanol–water partition coefficient (Wildman–Crippen LogP) is 4.10. The van der Waals surface area contributed by atoms with E-state index in [-0.39, 0.29) is 11.0 Å². The topological polar surface area (TPSA) is 31.4 Å². The Kier molecular flexibility index (Phi) is 3.50. The van der Waals surface area contributed by atoms with Crippen LogP contribution in [-0.2, 0) is 5.41 Å². The third-order valence-corrected chi connectivity index (χ3v) is 2.78. The highest BCUT2D eigenvalue weighted by molar-refractivity contribution is 5.39. The molecule has 0 unspecified atom stereocenters. The highest BCUT2D eigenvalue weighted by Crippen LogP contribution is 2.36. The summed E-state index contributed by atoms with van der Waals surface area (Å²) >= 11 is 0. The van der Waals surface area contributed by atoms with Gasteiger partial charge in [0.25, 0.3) is 0 Å². The fourth-order valence-electron chi connectivity index (χ4n) is 1.85. The molecule has 1 aromatic rings. The van der Waals surface area contributed by atoms with Crippen molar-refractivity contribution in [2.24, 2.45) is 0 Å². The molecule has 19 heavy (non-hydrogen) atoms. The van der Waals surface area contributed by atoms with Crippen molar-refractivity contribution in [2.75, 3.05) is 0 Å². The molecule has 0 aliphatic heterocycles. The number of hydrogen-bond acceptors (Lipinski definition) is 3. The number of aromatic nitrogens is 1. The average Bonchev–Trinajstić information content (AvgIpc) is 2.97. The lowest BCUT2D eigenvalue weighted by Gasteiger charge is -2.25. The van der Waals surface area contributed by atoms with E-state index >= 15 is 0 Å². The molecule has 3 nitrogen and oxygen atoms in total. The van der Waals surface area contributed by atoms with Crippen molar-refractivity contribution in [3.8, 4) is 11.5 Å². The van der Waals surface area contributed by atoms with E-state index in [1.54, 1.807) is 6.20 Å². The molecule has 1 heterocycles. The van der Waals surface area contributed by atoms with Gasteiger partial charge in [0.1, 0.15) is 17.1 Å². The average molecular weight is 263 g/mol. The Morgan fingerprint density at radius 2 is 1.74 bits per heavy atom.